The fraction of sp³-hybridized carbons (Fsp3) is 0.417. The van der Waals surface area contributed by atoms with Gasteiger partial charge >= 0.3 is 0 Å². The molecule has 1 unspecified atom stereocenters. The molecule has 0 radical (unpaired) electrons. The van der Waals surface area contributed by atoms with Crippen LogP contribution < -0.4 is 5.32 Å². The van der Waals surface area contributed by atoms with Crippen molar-refractivity contribution >= 4 is 5.91 Å². The van der Waals surface area contributed by atoms with Crippen molar-refractivity contribution in [1.82, 2.24) is 5.32 Å². The topological polar surface area (TPSA) is 38.3 Å². The number of amides is 1. The Labute approximate surface area is 89.4 Å². The van der Waals surface area contributed by atoms with Gasteiger partial charge in [-0.1, -0.05) is 18.2 Å². The van der Waals surface area contributed by atoms with Crippen LogP contribution in [0.1, 0.15) is 23.7 Å². The molecule has 1 aliphatic rings. The Bertz CT molecular complexity index is 342. The van der Waals surface area contributed by atoms with E-state index in [0.29, 0.717) is 12.2 Å². The average molecular weight is 205 g/mol. The molecule has 3 nitrogen and oxygen atoms in total. The van der Waals surface area contributed by atoms with Crippen LogP contribution in [-0.2, 0) is 4.74 Å². The second-order valence-corrected chi connectivity index (χ2v) is 4.18. The second-order valence-electron chi connectivity index (χ2n) is 4.18. The Hall–Kier alpha value is -1.35. The van der Waals surface area contributed by atoms with E-state index in [4.69, 9.17) is 4.74 Å². The lowest BCUT2D eigenvalue weighted by Gasteiger charge is -2.23. The molecule has 80 valence electrons. The van der Waals surface area contributed by atoms with Gasteiger partial charge < -0.3 is 10.1 Å². The molecule has 1 aromatic rings. The first-order valence-electron chi connectivity index (χ1n) is 5.15. The summed E-state index contributed by atoms with van der Waals surface area (Å²) in [6.07, 6.45) is 0.881. The minimum Gasteiger partial charge on any atom is -0.379 e. The molecule has 0 bridgehead atoms. The van der Waals surface area contributed by atoms with Gasteiger partial charge in [0.1, 0.15) is 0 Å². The number of ether oxygens (including phenoxy) is 1. The van der Waals surface area contributed by atoms with Crippen LogP contribution in [0.5, 0.6) is 0 Å². The molecule has 1 heterocycles. The maximum atomic E-state index is 11.8. The van der Waals surface area contributed by atoms with Crippen LogP contribution in [0.15, 0.2) is 30.3 Å². The minimum absolute atomic E-state index is 0.0244. The highest BCUT2D eigenvalue weighted by atomic mass is 16.5. The fourth-order valence-electron chi connectivity index (χ4n) is 1.70. The first-order chi connectivity index (χ1) is 7.20. The number of hydrogen-bond acceptors (Lipinski definition) is 2. The Balaban J connectivity index is 2.04. The van der Waals surface area contributed by atoms with E-state index < -0.39 is 0 Å². The highest BCUT2D eigenvalue weighted by Gasteiger charge is 2.31. The molecule has 1 aromatic carbocycles. The van der Waals surface area contributed by atoms with Gasteiger partial charge in [-0.3, -0.25) is 4.79 Å². The van der Waals surface area contributed by atoms with E-state index in [1.165, 1.54) is 0 Å². The third kappa shape index (κ3) is 2.36. The van der Waals surface area contributed by atoms with Gasteiger partial charge in [-0.25, -0.2) is 0 Å². The number of hydrogen-bond donors (Lipinski definition) is 1. The van der Waals surface area contributed by atoms with Crippen LogP contribution >= 0.6 is 0 Å². The van der Waals surface area contributed by atoms with Crippen molar-refractivity contribution in [1.29, 1.82) is 0 Å². The molecule has 0 spiro atoms. The van der Waals surface area contributed by atoms with Gasteiger partial charge in [-0.2, -0.15) is 0 Å². The molecule has 1 atom stereocenters. The van der Waals surface area contributed by atoms with Crippen LogP contribution in [-0.4, -0.2) is 24.7 Å². The lowest BCUT2D eigenvalue weighted by Crippen LogP contribution is -2.46. The molecule has 1 fully saturated rings. The lowest BCUT2D eigenvalue weighted by molar-refractivity contribution is 0.0890. The van der Waals surface area contributed by atoms with Crippen LogP contribution in [0.2, 0.25) is 0 Å². The van der Waals surface area contributed by atoms with E-state index in [1.54, 1.807) is 0 Å². The highest BCUT2D eigenvalue weighted by molar-refractivity contribution is 5.94. The van der Waals surface area contributed by atoms with Gasteiger partial charge in [0, 0.05) is 12.2 Å². The molecular weight excluding hydrogens is 190 g/mol. The molecule has 1 aliphatic heterocycles. The van der Waals surface area contributed by atoms with Crippen molar-refractivity contribution in [2.24, 2.45) is 0 Å². The molecule has 0 saturated carbocycles. The van der Waals surface area contributed by atoms with Crippen molar-refractivity contribution in [3.63, 3.8) is 0 Å². The summed E-state index contributed by atoms with van der Waals surface area (Å²) in [4.78, 5) is 11.8. The molecule has 0 aromatic heterocycles. The zero-order valence-corrected chi connectivity index (χ0v) is 8.82. The van der Waals surface area contributed by atoms with Crippen LogP contribution in [0.4, 0.5) is 0 Å². The van der Waals surface area contributed by atoms with Crippen molar-refractivity contribution < 1.29 is 9.53 Å². The molecule has 1 saturated heterocycles. The summed E-state index contributed by atoms with van der Waals surface area (Å²) in [5.41, 5.74) is 0.498. The summed E-state index contributed by atoms with van der Waals surface area (Å²) in [5, 5.41) is 3.01. The Morgan fingerprint density at radius 1 is 1.40 bits per heavy atom. The Kier molecular flexibility index (Phi) is 2.73. The molecule has 1 N–H and O–H groups in total. The Morgan fingerprint density at radius 3 is 2.73 bits per heavy atom. The number of carbonyl (C=O) groups is 1. The number of rotatable bonds is 2. The van der Waals surface area contributed by atoms with Crippen molar-refractivity contribution in [2.75, 3.05) is 13.2 Å². The van der Waals surface area contributed by atoms with E-state index in [-0.39, 0.29) is 11.4 Å². The van der Waals surface area contributed by atoms with E-state index in [0.717, 1.165) is 13.0 Å². The molecule has 0 aliphatic carbocycles. The van der Waals surface area contributed by atoms with Gasteiger partial charge in [-0.15, -0.1) is 0 Å². The van der Waals surface area contributed by atoms with E-state index in [1.807, 2.05) is 37.3 Å². The smallest absolute Gasteiger partial charge is 0.251 e. The summed E-state index contributed by atoms with van der Waals surface area (Å²) in [6.45, 7) is 3.35. The molecular formula is C12H15NO2. The summed E-state index contributed by atoms with van der Waals surface area (Å²) in [7, 11) is 0. The van der Waals surface area contributed by atoms with Crippen LogP contribution in [0.25, 0.3) is 0 Å². The summed E-state index contributed by atoms with van der Waals surface area (Å²) in [6, 6.07) is 9.25. The first kappa shape index (κ1) is 10.2. The van der Waals surface area contributed by atoms with E-state index in [9.17, 15) is 4.79 Å². The largest absolute Gasteiger partial charge is 0.379 e. The van der Waals surface area contributed by atoms with Gasteiger partial charge in [-0.05, 0) is 25.5 Å². The normalized spacial score (nSPS) is 25.1. The lowest BCUT2D eigenvalue weighted by atomic mass is 10.0. The zero-order chi connectivity index (χ0) is 10.7. The second kappa shape index (κ2) is 4.03. The van der Waals surface area contributed by atoms with Crippen molar-refractivity contribution in [2.45, 2.75) is 18.9 Å². The van der Waals surface area contributed by atoms with Gasteiger partial charge in [0.2, 0.25) is 0 Å². The molecule has 1 amide bonds. The van der Waals surface area contributed by atoms with Crippen LogP contribution in [0, 0.1) is 0 Å². The molecule has 3 heteroatoms. The summed E-state index contributed by atoms with van der Waals surface area (Å²) >= 11 is 0. The molecule has 15 heavy (non-hydrogen) atoms. The number of carbonyl (C=O) groups excluding carboxylic acids is 1. The van der Waals surface area contributed by atoms with Gasteiger partial charge in [0.25, 0.3) is 5.91 Å². The third-order valence-corrected chi connectivity index (χ3v) is 2.67. The van der Waals surface area contributed by atoms with Crippen molar-refractivity contribution in [3.8, 4) is 0 Å². The quantitative estimate of drug-likeness (QED) is 0.796. The van der Waals surface area contributed by atoms with E-state index >= 15 is 0 Å². The van der Waals surface area contributed by atoms with Crippen molar-refractivity contribution in [3.05, 3.63) is 35.9 Å². The monoisotopic (exact) mass is 205 g/mol. The molecule has 2 rings (SSSR count). The average Bonchev–Trinajstić information content (AvgIpc) is 2.66. The zero-order valence-electron chi connectivity index (χ0n) is 8.82. The first-order valence-corrected chi connectivity index (χ1v) is 5.15. The minimum atomic E-state index is -0.201. The summed E-state index contributed by atoms with van der Waals surface area (Å²) < 4.78 is 5.28. The van der Waals surface area contributed by atoms with Gasteiger partial charge in [0.15, 0.2) is 0 Å². The SMILES string of the molecule is CC1(NC(=O)c2ccccc2)CCOC1. The number of benzene rings is 1. The summed E-state index contributed by atoms with van der Waals surface area (Å²) in [5.74, 6) is -0.0244. The predicted octanol–water partition coefficient (Wildman–Crippen LogP) is 1.60. The van der Waals surface area contributed by atoms with Gasteiger partial charge in [0.05, 0.1) is 12.1 Å². The highest BCUT2D eigenvalue weighted by Crippen LogP contribution is 2.18. The maximum absolute atomic E-state index is 11.8. The standard InChI is InChI=1S/C12H15NO2/c1-12(7-8-15-9-12)13-11(14)10-5-3-2-4-6-10/h2-6H,7-9H2,1H3,(H,13,14). The fourth-order valence-corrected chi connectivity index (χ4v) is 1.70. The predicted molar refractivity (Wildman–Crippen MR) is 57.7 cm³/mol. The Morgan fingerprint density at radius 2 is 2.13 bits per heavy atom. The third-order valence-electron chi connectivity index (χ3n) is 2.67. The van der Waals surface area contributed by atoms with E-state index in [2.05, 4.69) is 5.32 Å². The van der Waals surface area contributed by atoms with Crippen LogP contribution in [0.3, 0.4) is 0 Å². The maximum Gasteiger partial charge on any atom is 0.251 e. The number of nitrogens with one attached hydrogen (secondary N) is 1.